The third-order valence-corrected chi connectivity index (χ3v) is 3.86. The van der Waals surface area contributed by atoms with Gasteiger partial charge < -0.3 is 10.2 Å². The molecule has 0 bridgehead atoms. The Morgan fingerprint density at radius 2 is 2.09 bits per heavy atom. The lowest BCUT2D eigenvalue weighted by molar-refractivity contribution is -0.385. The van der Waals surface area contributed by atoms with Gasteiger partial charge in [0.05, 0.1) is 11.5 Å². The highest BCUT2D eigenvalue weighted by molar-refractivity contribution is 5.78. The minimum absolute atomic E-state index is 0.00358. The van der Waals surface area contributed by atoms with E-state index in [9.17, 15) is 14.9 Å². The molecule has 2 rings (SSSR count). The van der Waals surface area contributed by atoms with E-state index in [0.717, 1.165) is 51.4 Å². The largest absolute Gasteiger partial charge is 0.355 e. The highest BCUT2D eigenvalue weighted by Gasteiger charge is 2.20. The van der Waals surface area contributed by atoms with E-state index in [2.05, 4.69) is 27.0 Å². The highest BCUT2D eigenvalue weighted by Crippen LogP contribution is 2.17. The molecule has 0 unspecified atom stereocenters. The summed E-state index contributed by atoms with van der Waals surface area (Å²) in [5.41, 5.74) is -0.00358. The number of anilines is 1. The van der Waals surface area contributed by atoms with Crippen molar-refractivity contribution in [1.82, 2.24) is 15.2 Å². The first-order valence-corrected chi connectivity index (χ1v) is 7.94. The number of nitrogens with zero attached hydrogens (tertiary/aromatic N) is 4. The molecule has 2 heterocycles. The number of nitro groups is 1. The van der Waals surface area contributed by atoms with Gasteiger partial charge in [0.1, 0.15) is 12.0 Å². The number of hydrogen-bond donors (Lipinski definition) is 1. The van der Waals surface area contributed by atoms with Gasteiger partial charge in [-0.1, -0.05) is 13.3 Å². The summed E-state index contributed by atoms with van der Waals surface area (Å²) in [6.45, 7) is 6.32. The van der Waals surface area contributed by atoms with E-state index in [-0.39, 0.29) is 11.6 Å². The Kier molecular flexibility index (Phi) is 6.28. The molecule has 0 spiro atoms. The van der Waals surface area contributed by atoms with Gasteiger partial charge in [0, 0.05) is 38.8 Å². The van der Waals surface area contributed by atoms with Crippen LogP contribution in [-0.4, -0.2) is 60.0 Å². The molecule has 1 aliphatic rings. The van der Waals surface area contributed by atoms with Crippen LogP contribution in [0.5, 0.6) is 0 Å². The van der Waals surface area contributed by atoms with Crippen LogP contribution in [0.15, 0.2) is 18.3 Å². The fraction of sp³-hybridized carbons (Fsp3) is 0.600. The summed E-state index contributed by atoms with van der Waals surface area (Å²) in [5, 5.41) is 13.6. The molecule has 1 fully saturated rings. The molecule has 0 radical (unpaired) electrons. The Hall–Kier alpha value is -2.22. The van der Waals surface area contributed by atoms with Crippen LogP contribution in [0.25, 0.3) is 0 Å². The van der Waals surface area contributed by atoms with Crippen molar-refractivity contribution in [1.29, 1.82) is 0 Å². The lowest BCUT2D eigenvalue weighted by atomic mass is 10.3. The zero-order chi connectivity index (χ0) is 16.7. The molecule has 1 aliphatic heterocycles. The third-order valence-electron chi connectivity index (χ3n) is 3.86. The van der Waals surface area contributed by atoms with Gasteiger partial charge in [-0.15, -0.1) is 0 Å². The Morgan fingerprint density at radius 3 is 2.65 bits per heavy atom. The molecule has 23 heavy (non-hydrogen) atoms. The predicted molar refractivity (Wildman–Crippen MR) is 87.5 cm³/mol. The Bertz CT molecular complexity index is 526. The number of carbonyl (C=O) groups is 1. The highest BCUT2D eigenvalue weighted by atomic mass is 16.6. The number of piperazine rings is 1. The fourth-order valence-corrected chi connectivity index (χ4v) is 2.47. The predicted octanol–water partition coefficient (Wildman–Crippen LogP) is 1.03. The van der Waals surface area contributed by atoms with Crippen LogP contribution in [0.4, 0.5) is 11.5 Å². The lowest BCUT2D eigenvalue weighted by Crippen LogP contribution is -2.49. The number of rotatable bonds is 7. The van der Waals surface area contributed by atoms with Crippen LogP contribution in [0, 0.1) is 10.1 Å². The second-order valence-corrected chi connectivity index (χ2v) is 5.60. The van der Waals surface area contributed by atoms with Crippen LogP contribution in [0.2, 0.25) is 0 Å². The number of hydrogen-bond acceptors (Lipinski definition) is 6. The third kappa shape index (κ3) is 5.17. The second kappa shape index (κ2) is 8.42. The molecule has 0 atom stereocenters. The fourth-order valence-electron chi connectivity index (χ4n) is 2.47. The molecule has 0 aromatic carbocycles. The minimum atomic E-state index is -0.453. The molecule has 1 amide bonds. The first-order valence-electron chi connectivity index (χ1n) is 7.94. The van der Waals surface area contributed by atoms with Gasteiger partial charge in [-0.3, -0.25) is 19.8 Å². The first kappa shape index (κ1) is 17.1. The van der Waals surface area contributed by atoms with Crippen molar-refractivity contribution < 1.29 is 9.72 Å². The van der Waals surface area contributed by atoms with Crippen LogP contribution >= 0.6 is 0 Å². The van der Waals surface area contributed by atoms with Crippen LogP contribution in [0.1, 0.15) is 19.8 Å². The van der Waals surface area contributed by atoms with E-state index in [0.29, 0.717) is 6.54 Å². The number of aromatic nitrogens is 1. The first-order chi connectivity index (χ1) is 11.1. The summed E-state index contributed by atoms with van der Waals surface area (Å²) < 4.78 is 0. The summed E-state index contributed by atoms with van der Waals surface area (Å²) in [6.07, 6.45) is 3.36. The Balaban J connectivity index is 1.77. The van der Waals surface area contributed by atoms with E-state index in [1.807, 2.05) is 0 Å². The Morgan fingerprint density at radius 1 is 1.35 bits per heavy atom. The Labute approximate surface area is 135 Å². The number of carbonyl (C=O) groups excluding carboxylic acids is 1. The summed E-state index contributed by atoms with van der Waals surface area (Å²) >= 11 is 0. The molecule has 1 N–H and O–H groups in total. The van der Waals surface area contributed by atoms with Crippen molar-refractivity contribution in [3.05, 3.63) is 28.4 Å². The van der Waals surface area contributed by atoms with Crippen molar-refractivity contribution >= 4 is 17.4 Å². The van der Waals surface area contributed by atoms with Crippen molar-refractivity contribution in [2.75, 3.05) is 44.2 Å². The molecule has 0 saturated carbocycles. The summed E-state index contributed by atoms with van der Waals surface area (Å²) in [7, 11) is 0. The van der Waals surface area contributed by atoms with Crippen molar-refractivity contribution in [2.45, 2.75) is 19.8 Å². The normalized spacial score (nSPS) is 15.4. The minimum Gasteiger partial charge on any atom is -0.355 e. The maximum Gasteiger partial charge on any atom is 0.287 e. The molecule has 8 nitrogen and oxygen atoms in total. The lowest BCUT2D eigenvalue weighted by Gasteiger charge is -2.34. The van der Waals surface area contributed by atoms with Crippen LogP contribution < -0.4 is 10.2 Å². The van der Waals surface area contributed by atoms with Gasteiger partial charge in [0.25, 0.3) is 5.69 Å². The maximum absolute atomic E-state index is 11.8. The maximum atomic E-state index is 11.8. The van der Waals surface area contributed by atoms with Gasteiger partial charge in [0.15, 0.2) is 0 Å². The average molecular weight is 321 g/mol. The SMILES string of the molecule is CCCCNC(=O)CN1CCN(c2ccc([N+](=O)[O-])cn2)CC1. The van der Waals surface area contributed by atoms with Gasteiger partial charge in [0.2, 0.25) is 5.91 Å². The van der Waals surface area contributed by atoms with Gasteiger partial charge in [-0.05, 0) is 12.5 Å². The smallest absolute Gasteiger partial charge is 0.287 e. The van der Waals surface area contributed by atoms with Crippen LogP contribution in [0.3, 0.4) is 0 Å². The summed E-state index contributed by atoms with van der Waals surface area (Å²) in [4.78, 5) is 30.3. The molecule has 1 aromatic rings. The van der Waals surface area contributed by atoms with E-state index in [4.69, 9.17) is 0 Å². The molecular weight excluding hydrogens is 298 g/mol. The van der Waals surface area contributed by atoms with E-state index < -0.39 is 4.92 Å². The van der Waals surface area contributed by atoms with E-state index in [1.165, 1.54) is 12.3 Å². The molecule has 0 aliphatic carbocycles. The average Bonchev–Trinajstić information content (AvgIpc) is 2.56. The van der Waals surface area contributed by atoms with Crippen molar-refractivity contribution in [2.24, 2.45) is 0 Å². The van der Waals surface area contributed by atoms with Crippen molar-refractivity contribution in [3.63, 3.8) is 0 Å². The monoisotopic (exact) mass is 321 g/mol. The standard InChI is InChI=1S/C15H23N5O3/c1-2-3-6-16-15(21)12-18-7-9-19(10-8-18)14-5-4-13(11-17-14)20(22)23/h4-5,11H,2-3,6-10,12H2,1H3,(H,16,21). The van der Waals surface area contributed by atoms with Gasteiger partial charge >= 0.3 is 0 Å². The van der Waals surface area contributed by atoms with Gasteiger partial charge in [-0.25, -0.2) is 4.98 Å². The zero-order valence-electron chi connectivity index (χ0n) is 13.4. The quantitative estimate of drug-likeness (QED) is 0.458. The second-order valence-electron chi connectivity index (χ2n) is 5.60. The molecule has 126 valence electrons. The molecule has 1 saturated heterocycles. The zero-order valence-corrected chi connectivity index (χ0v) is 13.4. The summed E-state index contributed by atoms with van der Waals surface area (Å²) in [6, 6.07) is 3.14. The van der Waals surface area contributed by atoms with E-state index >= 15 is 0 Å². The van der Waals surface area contributed by atoms with Gasteiger partial charge in [-0.2, -0.15) is 0 Å². The molecular formula is C15H23N5O3. The van der Waals surface area contributed by atoms with Crippen molar-refractivity contribution in [3.8, 4) is 0 Å². The van der Waals surface area contributed by atoms with Crippen LogP contribution in [-0.2, 0) is 4.79 Å². The van der Waals surface area contributed by atoms with E-state index in [1.54, 1.807) is 6.07 Å². The molecule has 1 aromatic heterocycles. The molecule has 8 heteroatoms. The number of nitrogens with one attached hydrogen (secondary N) is 1. The summed E-state index contributed by atoms with van der Waals surface area (Å²) in [5.74, 6) is 0.808. The number of unbranched alkanes of at least 4 members (excludes halogenated alkanes) is 1. The number of amides is 1. The topological polar surface area (TPSA) is 91.6 Å². The number of pyridine rings is 1.